The Kier molecular flexibility index (Phi) is 9.02. The number of rotatable bonds is 11. The minimum atomic E-state index is -1.19. The summed E-state index contributed by atoms with van der Waals surface area (Å²) in [5, 5.41) is 25.2. The zero-order valence-electron chi connectivity index (χ0n) is 14.2. The molecular weight excluding hydrogens is 326 g/mol. The predicted molar refractivity (Wildman–Crippen MR) is 92.3 cm³/mol. The molecule has 0 aliphatic carbocycles. The molecule has 0 bridgehead atoms. The van der Waals surface area contributed by atoms with Gasteiger partial charge in [0, 0.05) is 6.54 Å². The monoisotopic (exact) mass is 351 g/mol. The fraction of sp³-hybridized carbons (Fsp3) is 0.471. The first-order valence-electron chi connectivity index (χ1n) is 8.14. The first-order valence-corrected chi connectivity index (χ1v) is 8.14. The van der Waals surface area contributed by atoms with E-state index in [1.165, 1.54) is 11.1 Å². The van der Waals surface area contributed by atoms with E-state index in [0.29, 0.717) is 6.42 Å². The lowest BCUT2D eigenvalue weighted by Gasteiger charge is -2.14. The average molecular weight is 351 g/mol. The van der Waals surface area contributed by atoms with Crippen LogP contribution >= 0.6 is 0 Å². The summed E-state index contributed by atoms with van der Waals surface area (Å²) in [7, 11) is 0. The molecule has 1 rings (SSSR count). The van der Waals surface area contributed by atoms with Crippen molar-refractivity contribution in [1.82, 2.24) is 16.0 Å². The smallest absolute Gasteiger partial charge is 0.326 e. The van der Waals surface area contributed by atoms with Crippen LogP contribution in [0.5, 0.6) is 0 Å². The standard InChI is InChI=1S/C17H25N3O5/c1-12-6-2-3-7-13(12)10-18-9-5-4-8-14(16(23)24)20-17(25)19-11-15(21)22/h2-3,6-7,14,18H,4-5,8-11H2,1H3,(H,21,22)(H,23,24)(H2,19,20,25). The van der Waals surface area contributed by atoms with Crippen LogP contribution in [0.1, 0.15) is 30.4 Å². The van der Waals surface area contributed by atoms with Crippen molar-refractivity contribution in [2.24, 2.45) is 0 Å². The van der Waals surface area contributed by atoms with Crippen molar-refractivity contribution < 1.29 is 24.6 Å². The highest BCUT2D eigenvalue weighted by atomic mass is 16.4. The van der Waals surface area contributed by atoms with Crippen molar-refractivity contribution >= 4 is 18.0 Å². The lowest BCUT2D eigenvalue weighted by Crippen LogP contribution is -2.47. The Morgan fingerprint density at radius 3 is 2.48 bits per heavy atom. The number of unbranched alkanes of at least 4 members (excludes halogenated alkanes) is 1. The van der Waals surface area contributed by atoms with Crippen molar-refractivity contribution in [1.29, 1.82) is 0 Å². The highest BCUT2D eigenvalue weighted by molar-refractivity contribution is 5.84. The number of hydrogen-bond donors (Lipinski definition) is 5. The van der Waals surface area contributed by atoms with Gasteiger partial charge in [-0.2, -0.15) is 0 Å². The van der Waals surface area contributed by atoms with E-state index in [0.717, 1.165) is 19.5 Å². The van der Waals surface area contributed by atoms with E-state index in [1.54, 1.807) is 0 Å². The van der Waals surface area contributed by atoms with Crippen LogP contribution in [0.4, 0.5) is 4.79 Å². The van der Waals surface area contributed by atoms with E-state index in [-0.39, 0.29) is 6.42 Å². The van der Waals surface area contributed by atoms with Gasteiger partial charge in [-0.25, -0.2) is 9.59 Å². The van der Waals surface area contributed by atoms with Gasteiger partial charge in [-0.05, 0) is 43.9 Å². The number of amides is 2. The van der Waals surface area contributed by atoms with Gasteiger partial charge < -0.3 is 26.2 Å². The number of aliphatic carboxylic acids is 2. The third kappa shape index (κ3) is 8.71. The normalized spacial score (nSPS) is 11.6. The summed E-state index contributed by atoms with van der Waals surface area (Å²) in [6, 6.07) is 6.25. The summed E-state index contributed by atoms with van der Waals surface area (Å²) in [5.74, 6) is -2.33. The van der Waals surface area contributed by atoms with Crippen molar-refractivity contribution in [2.75, 3.05) is 13.1 Å². The summed E-state index contributed by atoms with van der Waals surface area (Å²) >= 11 is 0. The van der Waals surface area contributed by atoms with Gasteiger partial charge in [-0.15, -0.1) is 0 Å². The van der Waals surface area contributed by atoms with Crippen LogP contribution in [-0.4, -0.2) is 47.3 Å². The molecule has 1 aromatic carbocycles. The molecule has 0 aliphatic rings. The Labute approximate surface area is 146 Å². The lowest BCUT2D eigenvalue weighted by atomic mass is 10.1. The predicted octanol–water partition coefficient (Wildman–Crippen LogP) is 1.09. The molecule has 1 atom stereocenters. The number of carbonyl (C=O) groups is 3. The molecule has 25 heavy (non-hydrogen) atoms. The minimum Gasteiger partial charge on any atom is -0.480 e. The van der Waals surface area contributed by atoms with Gasteiger partial charge in [0.25, 0.3) is 0 Å². The van der Waals surface area contributed by atoms with Crippen LogP contribution < -0.4 is 16.0 Å². The SMILES string of the molecule is Cc1ccccc1CNCCCCC(NC(=O)NCC(=O)O)C(=O)O. The molecule has 0 fully saturated rings. The summed E-state index contributed by atoms with van der Waals surface area (Å²) in [5.41, 5.74) is 2.44. The van der Waals surface area contributed by atoms with E-state index in [4.69, 9.17) is 10.2 Å². The molecule has 0 saturated carbocycles. The lowest BCUT2D eigenvalue weighted by molar-refractivity contribution is -0.139. The first-order chi connectivity index (χ1) is 11.9. The van der Waals surface area contributed by atoms with Crippen LogP contribution in [-0.2, 0) is 16.1 Å². The van der Waals surface area contributed by atoms with E-state index >= 15 is 0 Å². The molecule has 0 aromatic heterocycles. The topological polar surface area (TPSA) is 128 Å². The Bertz CT molecular complexity index is 591. The third-order valence-electron chi connectivity index (χ3n) is 3.68. The zero-order chi connectivity index (χ0) is 18.7. The van der Waals surface area contributed by atoms with Crippen molar-refractivity contribution in [2.45, 2.75) is 38.8 Å². The summed E-state index contributed by atoms with van der Waals surface area (Å²) in [6.45, 7) is 2.99. The van der Waals surface area contributed by atoms with Gasteiger partial charge >= 0.3 is 18.0 Å². The Balaban J connectivity index is 2.22. The molecular formula is C17H25N3O5. The third-order valence-corrected chi connectivity index (χ3v) is 3.68. The highest BCUT2D eigenvalue weighted by Crippen LogP contribution is 2.06. The summed E-state index contributed by atoms with van der Waals surface area (Å²) < 4.78 is 0. The zero-order valence-corrected chi connectivity index (χ0v) is 14.2. The fourth-order valence-electron chi connectivity index (χ4n) is 2.25. The second-order valence-electron chi connectivity index (χ2n) is 5.71. The Morgan fingerprint density at radius 1 is 1.12 bits per heavy atom. The molecule has 8 heteroatoms. The maximum absolute atomic E-state index is 11.4. The van der Waals surface area contributed by atoms with Crippen LogP contribution in [0, 0.1) is 6.92 Å². The molecule has 2 amide bonds. The van der Waals surface area contributed by atoms with E-state index in [9.17, 15) is 14.4 Å². The molecule has 0 radical (unpaired) electrons. The average Bonchev–Trinajstić information content (AvgIpc) is 2.56. The van der Waals surface area contributed by atoms with Crippen LogP contribution in [0.25, 0.3) is 0 Å². The second-order valence-corrected chi connectivity index (χ2v) is 5.71. The van der Waals surface area contributed by atoms with E-state index in [2.05, 4.69) is 35.0 Å². The number of hydrogen-bond acceptors (Lipinski definition) is 4. The quantitative estimate of drug-likeness (QED) is 0.380. The molecule has 1 aromatic rings. The molecule has 0 saturated heterocycles. The van der Waals surface area contributed by atoms with Crippen LogP contribution in [0.15, 0.2) is 24.3 Å². The second kappa shape index (κ2) is 11.0. The molecule has 1 unspecified atom stereocenters. The van der Waals surface area contributed by atoms with Crippen molar-refractivity contribution in [3.63, 3.8) is 0 Å². The van der Waals surface area contributed by atoms with E-state index in [1.807, 2.05) is 12.1 Å². The maximum Gasteiger partial charge on any atom is 0.326 e. The minimum absolute atomic E-state index is 0.280. The number of nitrogens with one attached hydrogen (secondary N) is 3. The number of carboxylic acid groups (broad SMARTS) is 2. The molecule has 0 aliphatic heterocycles. The van der Waals surface area contributed by atoms with Crippen molar-refractivity contribution in [3.8, 4) is 0 Å². The largest absolute Gasteiger partial charge is 0.480 e. The summed E-state index contributed by atoms with van der Waals surface area (Å²) in [4.78, 5) is 32.9. The molecule has 138 valence electrons. The Morgan fingerprint density at radius 2 is 1.84 bits per heavy atom. The number of urea groups is 1. The molecule has 0 spiro atoms. The van der Waals surface area contributed by atoms with Gasteiger partial charge in [0.1, 0.15) is 12.6 Å². The number of carbonyl (C=O) groups excluding carboxylic acids is 1. The first kappa shape index (κ1) is 20.4. The number of aryl methyl sites for hydroxylation is 1. The fourth-order valence-corrected chi connectivity index (χ4v) is 2.25. The van der Waals surface area contributed by atoms with Gasteiger partial charge in [-0.3, -0.25) is 4.79 Å². The maximum atomic E-state index is 11.4. The van der Waals surface area contributed by atoms with E-state index < -0.39 is 30.6 Å². The van der Waals surface area contributed by atoms with Gasteiger partial charge in [0.2, 0.25) is 0 Å². The van der Waals surface area contributed by atoms with Crippen molar-refractivity contribution in [3.05, 3.63) is 35.4 Å². The van der Waals surface area contributed by atoms with Gasteiger partial charge in [0.05, 0.1) is 0 Å². The molecule has 0 heterocycles. The number of benzene rings is 1. The molecule has 5 N–H and O–H groups in total. The Hall–Kier alpha value is -2.61. The van der Waals surface area contributed by atoms with Crippen LogP contribution in [0.2, 0.25) is 0 Å². The van der Waals surface area contributed by atoms with Crippen LogP contribution in [0.3, 0.4) is 0 Å². The highest BCUT2D eigenvalue weighted by Gasteiger charge is 2.19. The van der Waals surface area contributed by atoms with Gasteiger partial charge in [-0.1, -0.05) is 24.3 Å². The summed E-state index contributed by atoms with van der Waals surface area (Å²) in [6.07, 6.45) is 1.67. The van der Waals surface area contributed by atoms with Gasteiger partial charge in [0.15, 0.2) is 0 Å². The molecule has 8 nitrogen and oxygen atoms in total. The number of carboxylic acids is 2.